The molecule has 1 fully saturated rings. The predicted molar refractivity (Wildman–Crippen MR) is 174 cm³/mol. The molecular formula is C34H45BN2O8. The van der Waals surface area contributed by atoms with Crippen LogP contribution in [-0.2, 0) is 23.7 Å². The molecule has 0 bridgehead atoms. The fourth-order valence-electron chi connectivity index (χ4n) is 5.43. The summed E-state index contributed by atoms with van der Waals surface area (Å²) in [6, 6.07) is 9.08. The monoisotopic (exact) mass is 620 g/mol. The summed E-state index contributed by atoms with van der Waals surface area (Å²) in [7, 11) is 1.75. The Morgan fingerprint density at radius 2 is 1.91 bits per heavy atom. The molecule has 242 valence electrons. The zero-order valence-corrected chi connectivity index (χ0v) is 27.1. The van der Waals surface area contributed by atoms with Crippen LogP contribution in [0.2, 0.25) is 0 Å². The standard InChI is InChI=1S/C34H45BN2O8/c1-23-14-15-24(2)32-28(44-34(4,5)45-32)12-9-11-26-19-27(20-29(42-22-40-6)31(26)33(39)43-25(23)3)41-18-10-17-37(35-21-38)30-13-7-8-16-36-30/h7-9,11,13-16,19-21,23-25,28,32,35H,10,12,17-18,22H2,1-6H3/b11-9+,15-14-/t23-,24?,25?,28?,32?/m1/s1. The summed E-state index contributed by atoms with van der Waals surface area (Å²) in [5, 5.41) is 0. The second-order valence-electron chi connectivity index (χ2n) is 11.9. The van der Waals surface area contributed by atoms with Crippen molar-refractivity contribution in [2.75, 3.05) is 31.9 Å². The number of fused-ring (bicyclic) bond motifs is 2. The number of hydrogen-bond acceptors (Lipinski definition) is 10. The summed E-state index contributed by atoms with van der Waals surface area (Å²) in [6.45, 7) is 10.7. The minimum absolute atomic E-state index is 0.0390. The van der Waals surface area contributed by atoms with E-state index >= 15 is 0 Å². The van der Waals surface area contributed by atoms with E-state index in [2.05, 4.69) is 24.1 Å². The van der Waals surface area contributed by atoms with Crippen LogP contribution in [0.1, 0.15) is 63.4 Å². The van der Waals surface area contributed by atoms with Gasteiger partial charge in [0.05, 0.1) is 18.8 Å². The van der Waals surface area contributed by atoms with Crippen LogP contribution in [-0.4, -0.2) is 75.7 Å². The molecule has 4 unspecified atom stereocenters. The number of ether oxygens (including phenoxy) is 6. The first-order valence-corrected chi connectivity index (χ1v) is 15.6. The second kappa shape index (κ2) is 16.1. The van der Waals surface area contributed by atoms with Crippen molar-refractivity contribution in [1.29, 1.82) is 0 Å². The van der Waals surface area contributed by atoms with Gasteiger partial charge in [-0.15, -0.1) is 0 Å². The van der Waals surface area contributed by atoms with Gasteiger partial charge in [0.2, 0.25) is 0 Å². The van der Waals surface area contributed by atoms with Crippen molar-refractivity contribution >= 4 is 31.5 Å². The summed E-state index contributed by atoms with van der Waals surface area (Å²) >= 11 is 0. The van der Waals surface area contributed by atoms with E-state index in [9.17, 15) is 9.59 Å². The van der Waals surface area contributed by atoms with E-state index in [-0.39, 0.29) is 43.8 Å². The van der Waals surface area contributed by atoms with Gasteiger partial charge in [-0.05, 0) is 57.4 Å². The quantitative estimate of drug-likeness (QED) is 0.0832. The maximum Gasteiger partial charge on any atom is 0.342 e. The first-order chi connectivity index (χ1) is 21.6. The van der Waals surface area contributed by atoms with Crippen LogP contribution in [0.25, 0.3) is 6.08 Å². The molecular weight excluding hydrogens is 575 g/mol. The van der Waals surface area contributed by atoms with Gasteiger partial charge in [-0.2, -0.15) is 0 Å². The highest BCUT2D eigenvalue weighted by atomic mass is 16.8. The van der Waals surface area contributed by atoms with E-state index in [4.69, 9.17) is 28.4 Å². The van der Waals surface area contributed by atoms with Gasteiger partial charge in [0.15, 0.2) is 12.6 Å². The number of aromatic nitrogens is 1. The van der Waals surface area contributed by atoms with Gasteiger partial charge in [0.25, 0.3) is 0 Å². The predicted octanol–water partition coefficient (Wildman–Crippen LogP) is 5.19. The molecule has 45 heavy (non-hydrogen) atoms. The van der Waals surface area contributed by atoms with Crippen molar-refractivity contribution in [1.82, 2.24) is 4.98 Å². The number of cyclic esters (lactones) is 1. The van der Waals surface area contributed by atoms with E-state index in [1.165, 1.54) is 7.11 Å². The second-order valence-corrected chi connectivity index (χ2v) is 11.9. The van der Waals surface area contributed by atoms with Crippen LogP contribution in [0.5, 0.6) is 11.5 Å². The molecule has 0 radical (unpaired) electrons. The Bertz CT molecular complexity index is 1330. The Hall–Kier alpha value is -3.67. The van der Waals surface area contributed by atoms with Gasteiger partial charge in [0.1, 0.15) is 35.2 Å². The molecule has 4 rings (SSSR count). The lowest BCUT2D eigenvalue weighted by molar-refractivity contribution is -0.148. The molecule has 11 heteroatoms. The number of esters is 1. The maximum absolute atomic E-state index is 13.7. The summed E-state index contributed by atoms with van der Waals surface area (Å²) < 4.78 is 35.8. The number of hydrogen-bond donors (Lipinski definition) is 0. The Kier molecular flexibility index (Phi) is 12.2. The summed E-state index contributed by atoms with van der Waals surface area (Å²) in [5.74, 6) is 0.411. The van der Waals surface area contributed by atoms with Crippen molar-refractivity contribution < 1.29 is 38.0 Å². The normalized spacial score (nSPS) is 25.9. The van der Waals surface area contributed by atoms with Crippen LogP contribution in [0.3, 0.4) is 0 Å². The average molecular weight is 621 g/mol. The molecule has 0 N–H and O–H groups in total. The van der Waals surface area contributed by atoms with Crippen molar-refractivity contribution in [3.8, 4) is 11.5 Å². The van der Waals surface area contributed by atoms with Crippen molar-refractivity contribution in [2.45, 2.75) is 71.6 Å². The van der Waals surface area contributed by atoms with Crippen LogP contribution in [0.4, 0.5) is 5.82 Å². The molecule has 3 heterocycles. The molecule has 0 aliphatic carbocycles. The molecule has 1 aromatic heterocycles. The van der Waals surface area contributed by atoms with Crippen LogP contribution in [0.15, 0.2) is 54.8 Å². The van der Waals surface area contributed by atoms with Gasteiger partial charge >= 0.3 is 13.4 Å². The largest absolute Gasteiger partial charge is 0.493 e. The molecule has 0 saturated carbocycles. The number of carbonyl (C=O) groups excluding carboxylic acids is 2. The number of benzene rings is 1. The third-order valence-electron chi connectivity index (χ3n) is 7.91. The Labute approximate surface area is 266 Å². The first kappa shape index (κ1) is 34.2. The molecule has 5 atom stereocenters. The zero-order valence-electron chi connectivity index (χ0n) is 27.1. The van der Waals surface area contributed by atoms with Crippen molar-refractivity contribution in [3.05, 3.63) is 65.9 Å². The van der Waals surface area contributed by atoms with E-state index in [1.54, 1.807) is 12.3 Å². The topological polar surface area (TPSA) is 106 Å². The Balaban J connectivity index is 1.61. The molecule has 2 aromatic rings. The summed E-state index contributed by atoms with van der Waals surface area (Å²) in [4.78, 5) is 31.2. The van der Waals surface area contributed by atoms with Crippen molar-refractivity contribution in [3.63, 3.8) is 0 Å². The lowest BCUT2D eigenvalue weighted by Gasteiger charge is -2.23. The number of anilines is 1. The SMILES string of the molecule is COCOc1cc(OCCCN(BC=O)c2ccccn2)cc2c1C(=O)OC(C)[C@H](C)/C=C\C(C)C1OC(C)(C)OC1C/C=C/2. The zero-order chi connectivity index (χ0) is 32.4. The van der Waals surface area contributed by atoms with Gasteiger partial charge < -0.3 is 38.0 Å². The highest BCUT2D eigenvalue weighted by Crippen LogP contribution is 2.36. The Morgan fingerprint density at radius 1 is 1.11 bits per heavy atom. The number of nitrogens with zero attached hydrogens (tertiary/aromatic N) is 2. The van der Waals surface area contributed by atoms with Crippen molar-refractivity contribution in [2.24, 2.45) is 11.8 Å². The third kappa shape index (κ3) is 9.42. The fraction of sp³-hybridized carbons (Fsp3) is 0.500. The number of methoxy groups -OCH3 is 1. The Morgan fingerprint density at radius 3 is 2.64 bits per heavy atom. The number of pyridine rings is 1. The fourth-order valence-corrected chi connectivity index (χ4v) is 5.43. The van der Waals surface area contributed by atoms with Gasteiger partial charge in [-0.3, -0.25) is 0 Å². The molecule has 10 nitrogen and oxygen atoms in total. The molecule has 0 spiro atoms. The molecule has 2 aliphatic heterocycles. The molecule has 1 saturated heterocycles. The van der Waals surface area contributed by atoms with Crippen LogP contribution < -0.4 is 14.3 Å². The third-order valence-corrected chi connectivity index (χ3v) is 7.91. The van der Waals surface area contributed by atoms with Gasteiger partial charge in [-0.25, -0.2) is 9.78 Å². The summed E-state index contributed by atoms with van der Waals surface area (Å²) in [5.41, 5.74) is 0.881. The minimum atomic E-state index is -0.699. The summed E-state index contributed by atoms with van der Waals surface area (Å²) in [6.07, 6.45) is 11.1. The highest BCUT2D eigenvalue weighted by molar-refractivity contribution is 6.70. The lowest BCUT2D eigenvalue weighted by atomic mass is 9.94. The lowest BCUT2D eigenvalue weighted by Crippen LogP contribution is -2.31. The van der Waals surface area contributed by atoms with E-state index < -0.39 is 17.9 Å². The average Bonchev–Trinajstić information content (AvgIpc) is 3.33. The number of rotatable bonds is 11. The molecule has 0 amide bonds. The highest BCUT2D eigenvalue weighted by Gasteiger charge is 2.42. The van der Waals surface area contributed by atoms with Gasteiger partial charge in [0, 0.05) is 37.8 Å². The smallest absolute Gasteiger partial charge is 0.342 e. The van der Waals surface area contributed by atoms with Crippen LogP contribution >= 0.6 is 0 Å². The van der Waals surface area contributed by atoms with E-state index in [1.807, 2.05) is 68.9 Å². The van der Waals surface area contributed by atoms with E-state index in [0.29, 0.717) is 43.1 Å². The maximum atomic E-state index is 13.7. The first-order valence-electron chi connectivity index (χ1n) is 15.6. The van der Waals surface area contributed by atoms with Crippen LogP contribution in [0, 0.1) is 11.8 Å². The molecule has 2 aliphatic rings. The molecule has 1 aromatic carbocycles. The van der Waals surface area contributed by atoms with E-state index in [0.717, 1.165) is 12.0 Å². The number of carbonyl (C=O) groups is 2. The minimum Gasteiger partial charge on any atom is -0.493 e. The van der Waals surface area contributed by atoms with Gasteiger partial charge in [-0.1, -0.05) is 44.2 Å².